The first-order valence-electron chi connectivity index (χ1n) is 6.62. The van der Waals surface area contributed by atoms with Crippen LogP contribution in [0.1, 0.15) is 5.56 Å². The highest BCUT2D eigenvalue weighted by Gasteiger charge is 2.02. The van der Waals surface area contributed by atoms with Gasteiger partial charge in [0.1, 0.15) is 12.4 Å². The van der Waals surface area contributed by atoms with Gasteiger partial charge in [0.15, 0.2) is 11.6 Å². The maximum Gasteiger partial charge on any atom is 0.165 e. The molecule has 112 valence electrons. The molecule has 0 aliphatic heterocycles. The molecule has 0 fully saturated rings. The van der Waals surface area contributed by atoms with E-state index in [-0.39, 0.29) is 5.75 Å². The normalized spacial score (nSPS) is 10.4. The van der Waals surface area contributed by atoms with Crippen molar-refractivity contribution in [3.63, 3.8) is 0 Å². The Bertz CT molecular complexity index is 572. The Morgan fingerprint density at radius 1 is 1.10 bits per heavy atom. The highest BCUT2D eigenvalue weighted by molar-refractivity contribution is 5.47. The average molecular weight is 291 g/mol. The van der Waals surface area contributed by atoms with Crippen LogP contribution in [-0.4, -0.2) is 25.4 Å². The molecule has 0 aliphatic carbocycles. The summed E-state index contributed by atoms with van der Waals surface area (Å²) in [6.07, 6.45) is 0. The van der Waals surface area contributed by atoms with E-state index in [1.54, 1.807) is 13.2 Å². The summed E-state index contributed by atoms with van der Waals surface area (Å²) in [6, 6.07) is 11.8. The van der Waals surface area contributed by atoms with Crippen LogP contribution in [0.3, 0.4) is 0 Å². The first-order chi connectivity index (χ1) is 10.2. The third-order valence-corrected chi connectivity index (χ3v) is 2.92. The summed E-state index contributed by atoms with van der Waals surface area (Å²) < 4.78 is 23.6. The molecule has 0 heterocycles. The zero-order chi connectivity index (χ0) is 15.1. The molecule has 2 rings (SSSR count). The summed E-state index contributed by atoms with van der Waals surface area (Å²) in [5.41, 5.74) is 1.66. The lowest BCUT2D eigenvalue weighted by atomic mass is 10.2. The lowest BCUT2D eigenvalue weighted by Crippen LogP contribution is -2.04. The molecule has 2 aromatic carbocycles. The molecule has 0 unspecified atom stereocenters. The molecule has 0 amide bonds. The van der Waals surface area contributed by atoms with Crippen molar-refractivity contribution >= 4 is 5.69 Å². The van der Waals surface area contributed by atoms with Crippen LogP contribution >= 0.6 is 0 Å². The summed E-state index contributed by atoms with van der Waals surface area (Å²) in [6.45, 7) is 1.53. The van der Waals surface area contributed by atoms with Crippen LogP contribution < -0.4 is 10.1 Å². The van der Waals surface area contributed by atoms with Crippen molar-refractivity contribution in [3.8, 4) is 11.5 Å². The molecule has 2 N–H and O–H groups in total. The van der Waals surface area contributed by atoms with Gasteiger partial charge in [0, 0.05) is 19.3 Å². The van der Waals surface area contributed by atoms with Gasteiger partial charge in [-0.05, 0) is 42.0 Å². The van der Waals surface area contributed by atoms with Gasteiger partial charge in [-0.3, -0.25) is 0 Å². The van der Waals surface area contributed by atoms with Gasteiger partial charge in [0.25, 0.3) is 0 Å². The highest BCUT2D eigenvalue weighted by atomic mass is 19.1. The molecule has 21 heavy (non-hydrogen) atoms. The summed E-state index contributed by atoms with van der Waals surface area (Å²) in [7, 11) is 1.63. The zero-order valence-electron chi connectivity index (χ0n) is 11.8. The van der Waals surface area contributed by atoms with Crippen LogP contribution in [0.2, 0.25) is 0 Å². The number of rotatable bonds is 7. The number of nitrogens with one attached hydrogen (secondary N) is 1. The van der Waals surface area contributed by atoms with Crippen LogP contribution in [0.15, 0.2) is 42.5 Å². The second kappa shape index (κ2) is 7.50. The topological polar surface area (TPSA) is 50.7 Å². The second-order valence-electron chi connectivity index (χ2n) is 4.50. The largest absolute Gasteiger partial charge is 0.505 e. The summed E-state index contributed by atoms with van der Waals surface area (Å²) in [5.74, 6) is -0.180. The molecular weight excluding hydrogens is 273 g/mol. The molecule has 0 saturated heterocycles. The monoisotopic (exact) mass is 291 g/mol. The number of phenols is 1. The first-order valence-corrected chi connectivity index (χ1v) is 6.62. The van der Waals surface area contributed by atoms with Crippen LogP contribution in [0.25, 0.3) is 0 Å². The van der Waals surface area contributed by atoms with Crippen molar-refractivity contribution in [2.24, 2.45) is 0 Å². The summed E-state index contributed by atoms with van der Waals surface area (Å²) in [5, 5.41) is 12.3. The number of aromatic hydroxyl groups is 1. The number of ether oxygens (including phenoxy) is 2. The van der Waals surface area contributed by atoms with E-state index in [9.17, 15) is 4.39 Å². The van der Waals surface area contributed by atoms with Gasteiger partial charge in [0.05, 0.1) is 6.61 Å². The fourth-order valence-corrected chi connectivity index (χ4v) is 1.78. The molecule has 0 bridgehead atoms. The Balaban J connectivity index is 1.86. The van der Waals surface area contributed by atoms with Gasteiger partial charge in [0.2, 0.25) is 0 Å². The number of halogens is 1. The maximum atomic E-state index is 13.2. The zero-order valence-corrected chi connectivity index (χ0v) is 11.8. The van der Waals surface area contributed by atoms with Crippen LogP contribution in [0, 0.1) is 5.82 Å². The maximum absolute atomic E-state index is 13.2. The third kappa shape index (κ3) is 4.65. The van der Waals surface area contributed by atoms with E-state index in [1.807, 2.05) is 24.3 Å². The molecule has 2 aromatic rings. The second-order valence-corrected chi connectivity index (χ2v) is 4.50. The minimum absolute atomic E-state index is 0.337. The Morgan fingerprint density at radius 3 is 2.52 bits per heavy atom. The molecule has 5 heteroatoms. The van der Waals surface area contributed by atoms with Gasteiger partial charge in [-0.1, -0.05) is 6.07 Å². The number of phenolic OH excluding ortho intramolecular Hbond substituents is 1. The predicted octanol–water partition coefficient (Wildman–Crippen LogP) is 3.17. The van der Waals surface area contributed by atoms with Crippen molar-refractivity contribution in [2.45, 2.75) is 6.54 Å². The van der Waals surface area contributed by atoms with Crippen LogP contribution in [0.5, 0.6) is 11.5 Å². The average Bonchev–Trinajstić information content (AvgIpc) is 2.50. The van der Waals surface area contributed by atoms with Crippen LogP contribution in [0.4, 0.5) is 10.1 Å². The number of anilines is 1. The Hall–Kier alpha value is -2.27. The SMILES string of the molecule is COCCOc1ccc(NCc2ccc(O)c(F)c2)cc1. The summed E-state index contributed by atoms with van der Waals surface area (Å²) in [4.78, 5) is 0. The van der Waals surface area contributed by atoms with Gasteiger partial charge in [-0.2, -0.15) is 0 Å². The molecular formula is C16H18FNO3. The fourth-order valence-electron chi connectivity index (χ4n) is 1.78. The molecule has 0 radical (unpaired) electrons. The summed E-state index contributed by atoms with van der Waals surface area (Å²) >= 11 is 0. The number of benzene rings is 2. The quantitative estimate of drug-likeness (QED) is 0.769. The van der Waals surface area contributed by atoms with Crippen molar-refractivity contribution in [2.75, 3.05) is 25.6 Å². The highest BCUT2D eigenvalue weighted by Crippen LogP contribution is 2.19. The molecule has 0 aromatic heterocycles. The molecule has 4 nitrogen and oxygen atoms in total. The van der Waals surface area contributed by atoms with Gasteiger partial charge in [-0.25, -0.2) is 4.39 Å². The lowest BCUT2D eigenvalue weighted by Gasteiger charge is -2.09. The Labute approximate surface area is 123 Å². The van der Waals surface area contributed by atoms with Gasteiger partial charge < -0.3 is 19.9 Å². The minimum atomic E-state index is -0.615. The molecule has 0 saturated carbocycles. The van der Waals surface area contributed by atoms with E-state index in [1.165, 1.54) is 12.1 Å². The number of methoxy groups -OCH3 is 1. The number of hydrogen-bond donors (Lipinski definition) is 2. The van der Waals surface area contributed by atoms with E-state index in [2.05, 4.69) is 5.32 Å². The standard InChI is InChI=1S/C16H18FNO3/c1-20-8-9-21-14-5-3-13(4-6-14)18-11-12-2-7-16(19)15(17)10-12/h2-7,10,18-19H,8-9,11H2,1H3. The van der Waals surface area contributed by atoms with E-state index in [4.69, 9.17) is 14.6 Å². The van der Waals surface area contributed by atoms with Gasteiger partial charge in [-0.15, -0.1) is 0 Å². The third-order valence-electron chi connectivity index (χ3n) is 2.92. The first kappa shape index (κ1) is 15.1. The minimum Gasteiger partial charge on any atom is -0.505 e. The molecule has 0 spiro atoms. The molecule has 0 atom stereocenters. The predicted molar refractivity (Wildman–Crippen MR) is 79.2 cm³/mol. The van der Waals surface area contributed by atoms with E-state index >= 15 is 0 Å². The fraction of sp³-hybridized carbons (Fsp3) is 0.250. The Morgan fingerprint density at radius 2 is 1.86 bits per heavy atom. The lowest BCUT2D eigenvalue weighted by molar-refractivity contribution is 0.146. The molecule has 0 aliphatic rings. The van der Waals surface area contributed by atoms with Crippen molar-refractivity contribution in [1.29, 1.82) is 0 Å². The van der Waals surface area contributed by atoms with Crippen LogP contribution in [-0.2, 0) is 11.3 Å². The van der Waals surface area contributed by atoms with E-state index in [0.29, 0.717) is 19.8 Å². The van der Waals surface area contributed by atoms with E-state index in [0.717, 1.165) is 17.0 Å². The number of hydrogen-bond acceptors (Lipinski definition) is 4. The van der Waals surface area contributed by atoms with Crippen molar-refractivity contribution in [3.05, 3.63) is 53.8 Å². The van der Waals surface area contributed by atoms with E-state index < -0.39 is 5.82 Å². The van der Waals surface area contributed by atoms with Gasteiger partial charge >= 0.3 is 0 Å². The Kier molecular flexibility index (Phi) is 5.40. The van der Waals surface area contributed by atoms with Crippen molar-refractivity contribution in [1.82, 2.24) is 0 Å². The smallest absolute Gasteiger partial charge is 0.165 e. The van der Waals surface area contributed by atoms with Crippen molar-refractivity contribution < 1.29 is 19.0 Å².